The third-order valence-electron chi connectivity index (χ3n) is 4.33. The average molecular weight is 372 g/mol. The maximum atomic E-state index is 12.1. The van der Waals surface area contributed by atoms with Gasteiger partial charge in [-0.1, -0.05) is 72.5 Å². The summed E-state index contributed by atoms with van der Waals surface area (Å²) in [6.07, 6.45) is 0. The molecule has 2 aromatic rings. The van der Waals surface area contributed by atoms with Crippen molar-refractivity contribution in [1.29, 1.82) is 0 Å². The molecule has 0 spiro atoms. The van der Waals surface area contributed by atoms with Gasteiger partial charge in [0.1, 0.15) is 0 Å². The first-order valence-corrected chi connectivity index (χ1v) is 9.20. The van der Waals surface area contributed by atoms with Crippen molar-refractivity contribution in [1.82, 2.24) is 10.6 Å². The summed E-state index contributed by atoms with van der Waals surface area (Å²) in [6.45, 7) is 4.19. The van der Waals surface area contributed by atoms with Gasteiger partial charge >= 0.3 is 0 Å². The predicted molar refractivity (Wildman–Crippen MR) is 111 cm³/mol. The summed E-state index contributed by atoms with van der Waals surface area (Å²) in [4.78, 5) is 24.1. The van der Waals surface area contributed by atoms with E-state index in [4.69, 9.17) is 0 Å². The molecule has 0 aliphatic heterocycles. The Labute approximate surface area is 166 Å². The van der Waals surface area contributed by atoms with E-state index in [-0.39, 0.29) is 36.7 Å². The van der Waals surface area contributed by atoms with Crippen molar-refractivity contribution in [3.05, 3.63) is 71.8 Å². The molecule has 0 bridgehead atoms. The van der Waals surface area contributed by atoms with Gasteiger partial charge in [-0.3, -0.25) is 9.59 Å². The highest BCUT2D eigenvalue weighted by Crippen LogP contribution is 2.14. The molecule has 2 rings (SSSR count). The normalized spacial score (nSPS) is 11.6. The number of amides is 2. The molecule has 0 saturated heterocycles. The third kappa shape index (κ3) is 6.67. The van der Waals surface area contributed by atoms with Gasteiger partial charge in [0.05, 0.1) is 24.9 Å². The zero-order valence-electron chi connectivity index (χ0n) is 16.2. The molecule has 0 fully saturated rings. The van der Waals surface area contributed by atoms with Gasteiger partial charge in [0.15, 0.2) is 0 Å². The second kappa shape index (κ2) is 11.3. The predicted octanol–water partition coefficient (Wildman–Crippen LogP) is 2.83. The number of nitrogens with one attached hydrogen (secondary N) is 2. The van der Waals surface area contributed by atoms with Crippen LogP contribution in [0.1, 0.15) is 36.8 Å². The summed E-state index contributed by atoms with van der Waals surface area (Å²) in [5.41, 5.74) is 1.93. The Kier molecular flexibility index (Phi) is 8.37. The second-order valence-corrected chi connectivity index (χ2v) is 6.30. The van der Waals surface area contributed by atoms with Crippen LogP contribution in [-0.4, -0.2) is 24.9 Å². The van der Waals surface area contributed by atoms with E-state index in [9.17, 15) is 9.59 Å². The third-order valence-corrected chi connectivity index (χ3v) is 4.33. The van der Waals surface area contributed by atoms with Crippen LogP contribution in [0.5, 0.6) is 0 Å². The summed E-state index contributed by atoms with van der Waals surface area (Å²) in [5, 5.41) is 5.55. The Hall–Kier alpha value is -3.50. The minimum Gasteiger partial charge on any atom is -0.345 e. The van der Waals surface area contributed by atoms with Crippen LogP contribution in [0.25, 0.3) is 0 Å². The zero-order chi connectivity index (χ0) is 20.2. The van der Waals surface area contributed by atoms with Crippen LogP contribution in [0.4, 0.5) is 0 Å². The minimum absolute atomic E-state index is 0.0735. The second-order valence-electron chi connectivity index (χ2n) is 6.30. The van der Waals surface area contributed by atoms with Crippen LogP contribution in [0, 0.1) is 23.7 Å². The smallest absolute Gasteiger partial charge is 0.228 e. The number of hydrogen-bond acceptors (Lipinski definition) is 2. The van der Waals surface area contributed by atoms with E-state index in [2.05, 4.69) is 34.3 Å². The lowest BCUT2D eigenvalue weighted by molar-refractivity contribution is -0.122. The summed E-state index contributed by atoms with van der Waals surface area (Å²) < 4.78 is 0. The van der Waals surface area contributed by atoms with Gasteiger partial charge < -0.3 is 10.6 Å². The number of carbonyl (C=O) groups is 2. The van der Waals surface area contributed by atoms with Gasteiger partial charge in [-0.25, -0.2) is 0 Å². The van der Waals surface area contributed by atoms with E-state index in [1.165, 1.54) is 0 Å². The van der Waals surface area contributed by atoms with Gasteiger partial charge in [-0.05, 0) is 36.8 Å². The Morgan fingerprint density at radius 3 is 1.43 bits per heavy atom. The maximum absolute atomic E-state index is 12.1. The average Bonchev–Trinajstić information content (AvgIpc) is 2.75. The van der Waals surface area contributed by atoms with Gasteiger partial charge in [-0.2, -0.15) is 0 Å². The van der Waals surface area contributed by atoms with Crippen molar-refractivity contribution in [2.75, 3.05) is 13.1 Å². The molecular formula is C24H24N2O2. The molecule has 2 N–H and O–H groups in total. The number of rotatable bonds is 6. The van der Waals surface area contributed by atoms with Crippen LogP contribution in [0.3, 0.4) is 0 Å². The molecule has 0 heterocycles. The highest BCUT2D eigenvalue weighted by Gasteiger charge is 2.14. The van der Waals surface area contributed by atoms with Crippen molar-refractivity contribution < 1.29 is 9.59 Å². The summed E-state index contributed by atoms with van der Waals surface area (Å²) in [7, 11) is 0. The molecule has 4 heteroatoms. The molecule has 0 radical (unpaired) electrons. The first-order valence-electron chi connectivity index (χ1n) is 9.20. The van der Waals surface area contributed by atoms with Gasteiger partial charge in [0, 0.05) is 0 Å². The largest absolute Gasteiger partial charge is 0.345 e. The molecule has 0 aromatic heterocycles. The molecule has 2 aromatic carbocycles. The van der Waals surface area contributed by atoms with Gasteiger partial charge in [0.25, 0.3) is 0 Å². The van der Waals surface area contributed by atoms with Crippen LogP contribution < -0.4 is 10.6 Å². The molecule has 28 heavy (non-hydrogen) atoms. The highest BCUT2D eigenvalue weighted by molar-refractivity contribution is 5.83. The van der Waals surface area contributed by atoms with E-state index in [1.807, 2.05) is 74.5 Å². The Morgan fingerprint density at radius 2 is 1.07 bits per heavy atom. The van der Waals surface area contributed by atoms with E-state index >= 15 is 0 Å². The summed E-state index contributed by atoms with van der Waals surface area (Å²) in [5.74, 6) is 10.3. The fourth-order valence-corrected chi connectivity index (χ4v) is 2.53. The topological polar surface area (TPSA) is 58.2 Å². The maximum Gasteiger partial charge on any atom is 0.228 e. The van der Waals surface area contributed by atoms with E-state index in [0.717, 1.165) is 11.1 Å². The summed E-state index contributed by atoms with van der Waals surface area (Å²) >= 11 is 0. The lowest BCUT2D eigenvalue weighted by atomic mass is 10.0. The fourth-order valence-electron chi connectivity index (χ4n) is 2.53. The van der Waals surface area contributed by atoms with E-state index in [0.29, 0.717) is 0 Å². The highest BCUT2D eigenvalue weighted by atomic mass is 16.2. The first kappa shape index (κ1) is 20.8. The Balaban J connectivity index is 1.69. The van der Waals surface area contributed by atoms with Crippen LogP contribution in [0.15, 0.2) is 60.7 Å². The SMILES string of the molecule is C[C@H](C(=O)NCC#CC#CCNC(=O)[C@@H](C)c1ccccc1)c1ccccc1. The fraction of sp³-hybridized carbons (Fsp3) is 0.250. The van der Waals surface area contributed by atoms with Crippen LogP contribution in [-0.2, 0) is 9.59 Å². The molecule has 0 aliphatic rings. The standard InChI is InChI=1S/C24H24N2O2/c1-19(21-13-7-5-8-14-21)23(27)25-17-11-3-4-12-18-26-24(28)20(2)22-15-9-6-10-16-22/h5-10,13-16,19-20H,17-18H2,1-2H3,(H,25,27)(H,26,28)/t19-,20-/m0/s1. The molecule has 142 valence electrons. The van der Waals surface area contributed by atoms with Gasteiger partial charge in [0.2, 0.25) is 11.8 Å². The number of carbonyl (C=O) groups excluding carboxylic acids is 2. The molecule has 2 amide bonds. The van der Waals surface area contributed by atoms with Crippen molar-refractivity contribution in [2.24, 2.45) is 0 Å². The lowest BCUT2D eigenvalue weighted by Gasteiger charge is -2.10. The molecule has 0 saturated carbocycles. The quantitative estimate of drug-likeness (QED) is 0.766. The van der Waals surface area contributed by atoms with Crippen molar-refractivity contribution in [3.63, 3.8) is 0 Å². The first-order chi connectivity index (χ1) is 13.6. The molecular weight excluding hydrogens is 348 g/mol. The molecule has 4 nitrogen and oxygen atoms in total. The Morgan fingerprint density at radius 1 is 0.714 bits per heavy atom. The summed E-state index contributed by atoms with van der Waals surface area (Å²) in [6, 6.07) is 19.2. The monoisotopic (exact) mass is 372 g/mol. The van der Waals surface area contributed by atoms with Crippen molar-refractivity contribution in [3.8, 4) is 23.7 Å². The van der Waals surface area contributed by atoms with Crippen LogP contribution >= 0.6 is 0 Å². The Bertz CT molecular complexity index is 822. The molecule has 2 atom stereocenters. The van der Waals surface area contributed by atoms with Crippen molar-refractivity contribution in [2.45, 2.75) is 25.7 Å². The molecule has 0 aliphatic carbocycles. The zero-order valence-corrected chi connectivity index (χ0v) is 16.2. The number of hydrogen-bond donors (Lipinski definition) is 2. The molecule has 0 unspecified atom stereocenters. The van der Waals surface area contributed by atoms with E-state index in [1.54, 1.807) is 0 Å². The van der Waals surface area contributed by atoms with Crippen LogP contribution in [0.2, 0.25) is 0 Å². The van der Waals surface area contributed by atoms with E-state index < -0.39 is 0 Å². The lowest BCUT2D eigenvalue weighted by Crippen LogP contribution is -2.28. The number of benzene rings is 2. The van der Waals surface area contributed by atoms with Crippen molar-refractivity contribution >= 4 is 11.8 Å². The minimum atomic E-state index is -0.226. The van der Waals surface area contributed by atoms with Gasteiger partial charge in [-0.15, -0.1) is 0 Å².